The summed E-state index contributed by atoms with van der Waals surface area (Å²) in [6.07, 6.45) is 7.03. The van der Waals surface area contributed by atoms with Gasteiger partial charge >= 0.3 is 0 Å². The molecule has 2 saturated carbocycles. The van der Waals surface area contributed by atoms with Gasteiger partial charge in [-0.25, -0.2) is 0 Å². The fourth-order valence-electron chi connectivity index (χ4n) is 3.74. The molecule has 2 aliphatic rings. The van der Waals surface area contributed by atoms with Crippen LogP contribution in [0.15, 0.2) is 17.5 Å². The van der Waals surface area contributed by atoms with Crippen LogP contribution >= 0.6 is 35.5 Å². The molecule has 0 radical (unpaired) electrons. The van der Waals surface area contributed by atoms with Crippen LogP contribution in [0.25, 0.3) is 0 Å². The Morgan fingerprint density at radius 3 is 2.74 bits per heavy atom. The third-order valence-electron chi connectivity index (χ3n) is 4.80. The highest BCUT2D eigenvalue weighted by molar-refractivity contribution is 7.09. The summed E-state index contributed by atoms with van der Waals surface area (Å²) in [5.41, 5.74) is 0.00944. The van der Waals surface area contributed by atoms with E-state index >= 15 is 0 Å². The van der Waals surface area contributed by atoms with E-state index < -0.39 is 0 Å². The summed E-state index contributed by atoms with van der Waals surface area (Å²) in [4.78, 5) is 1.33. The molecule has 0 aromatic carbocycles. The third-order valence-corrected chi connectivity index (χ3v) is 6.20. The summed E-state index contributed by atoms with van der Waals surface area (Å²) < 4.78 is 20.9. The molecule has 2 aromatic rings. The molecule has 1 unspecified atom stereocenters. The van der Waals surface area contributed by atoms with Gasteiger partial charge in [-0.1, -0.05) is 6.07 Å². The van der Waals surface area contributed by atoms with Crippen molar-refractivity contribution in [3.63, 3.8) is 0 Å². The lowest BCUT2D eigenvalue weighted by Gasteiger charge is -2.27. The van der Waals surface area contributed by atoms with Crippen molar-refractivity contribution in [3.8, 4) is 11.8 Å². The summed E-state index contributed by atoms with van der Waals surface area (Å²) in [5, 5.41) is 2.09. The zero-order chi connectivity index (χ0) is 15.0. The maximum absolute atomic E-state index is 6.28. The molecule has 0 spiro atoms. The van der Waals surface area contributed by atoms with Crippen LogP contribution in [-0.2, 0) is 6.42 Å². The van der Waals surface area contributed by atoms with E-state index in [1.165, 1.54) is 35.9 Å². The van der Waals surface area contributed by atoms with E-state index in [0.29, 0.717) is 11.8 Å². The molecule has 0 saturated heterocycles. The van der Waals surface area contributed by atoms with E-state index in [1.54, 1.807) is 11.3 Å². The fourth-order valence-corrected chi connectivity index (χ4v) is 4.98. The van der Waals surface area contributed by atoms with Crippen molar-refractivity contribution in [3.05, 3.63) is 22.4 Å². The van der Waals surface area contributed by atoms with Crippen molar-refractivity contribution >= 4 is 35.5 Å². The Balaban J connectivity index is 0.00000156. The normalized spacial score (nSPS) is 26.7. The third kappa shape index (κ3) is 3.64. The lowest BCUT2D eigenvalue weighted by Crippen LogP contribution is -2.30. The van der Waals surface area contributed by atoms with Crippen molar-refractivity contribution in [2.75, 3.05) is 0 Å². The minimum Gasteiger partial charge on any atom is -0.470 e. The van der Waals surface area contributed by atoms with Gasteiger partial charge in [-0.2, -0.15) is 0 Å². The number of nitrogens with zero attached hydrogens (tertiary/aromatic N) is 2. The molecule has 4 rings (SSSR count). The summed E-state index contributed by atoms with van der Waals surface area (Å²) in [6.45, 7) is 2.07. The predicted molar refractivity (Wildman–Crippen MR) is 95.2 cm³/mol. The molecule has 0 N–H and O–H groups in total. The summed E-state index contributed by atoms with van der Waals surface area (Å²) in [6, 6.07) is 4.21. The largest absolute Gasteiger partial charge is 0.470 e. The first-order valence-corrected chi connectivity index (χ1v) is 9.54. The molecule has 2 aromatic heterocycles. The van der Waals surface area contributed by atoms with Crippen molar-refractivity contribution in [1.82, 2.24) is 8.75 Å². The maximum atomic E-state index is 6.28. The molecule has 23 heavy (non-hydrogen) atoms. The number of rotatable bonds is 6. The van der Waals surface area contributed by atoms with Crippen LogP contribution in [0.5, 0.6) is 11.8 Å². The lowest BCUT2D eigenvalue weighted by atomic mass is 9.97. The lowest BCUT2D eigenvalue weighted by molar-refractivity contribution is 0.0678. The monoisotopic (exact) mass is 372 g/mol. The first-order chi connectivity index (χ1) is 10.7. The van der Waals surface area contributed by atoms with Crippen molar-refractivity contribution in [2.45, 2.75) is 57.2 Å². The van der Waals surface area contributed by atoms with E-state index in [4.69, 9.17) is 9.47 Å². The van der Waals surface area contributed by atoms with Gasteiger partial charge in [-0.3, -0.25) is 0 Å². The van der Waals surface area contributed by atoms with E-state index in [2.05, 4.69) is 33.2 Å². The van der Waals surface area contributed by atoms with Crippen LogP contribution in [0.3, 0.4) is 0 Å². The Morgan fingerprint density at radius 2 is 2.09 bits per heavy atom. The standard InChI is InChI=1S/C16H20N2O2S2.ClH/c1-11(9-13-3-2-8-21-13)19-14-15(18-22-17-14)20-16-6-4-12(10-16)5-7-16;/h2-3,8,11-12H,4-7,9-10H2,1H3;1H. The molecule has 2 bridgehead atoms. The van der Waals surface area contributed by atoms with Crippen LogP contribution in [-0.4, -0.2) is 20.5 Å². The Labute approximate surface area is 151 Å². The van der Waals surface area contributed by atoms with Crippen LogP contribution < -0.4 is 9.47 Å². The smallest absolute Gasteiger partial charge is 0.291 e. The van der Waals surface area contributed by atoms with E-state index in [0.717, 1.165) is 25.2 Å². The molecule has 2 fully saturated rings. The number of hydrogen-bond acceptors (Lipinski definition) is 6. The highest BCUT2D eigenvalue weighted by atomic mass is 35.5. The average Bonchev–Trinajstić information content (AvgIpc) is 3.25. The Bertz CT molecular complexity index is 624. The number of aromatic nitrogens is 2. The predicted octanol–water partition coefficient (Wildman–Crippen LogP) is 4.74. The van der Waals surface area contributed by atoms with Crippen LogP contribution in [0.2, 0.25) is 0 Å². The summed E-state index contributed by atoms with van der Waals surface area (Å²) in [7, 11) is 0. The molecule has 7 heteroatoms. The molecule has 126 valence electrons. The van der Waals surface area contributed by atoms with Gasteiger partial charge in [-0.15, -0.1) is 32.5 Å². The molecule has 4 nitrogen and oxygen atoms in total. The molecule has 2 aliphatic carbocycles. The highest BCUT2D eigenvalue weighted by Crippen LogP contribution is 2.50. The zero-order valence-electron chi connectivity index (χ0n) is 13.1. The molecule has 1 atom stereocenters. The SMILES string of the molecule is CC(Cc1cccs1)Oc1nsnc1OC12CCC(CC1)C2.Cl. The molecule has 0 aliphatic heterocycles. The first-order valence-electron chi connectivity index (χ1n) is 7.93. The summed E-state index contributed by atoms with van der Waals surface area (Å²) in [5.74, 6) is 2.03. The fraction of sp³-hybridized carbons (Fsp3) is 0.625. The van der Waals surface area contributed by atoms with Gasteiger partial charge in [-0.05, 0) is 56.4 Å². The van der Waals surface area contributed by atoms with Crippen LogP contribution in [0.1, 0.15) is 43.9 Å². The van der Waals surface area contributed by atoms with Gasteiger partial charge in [0.2, 0.25) is 0 Å². The topological polar surface area (TPSA) is 44.2 Å². The van der Waals surface area contributed by atoms with Gasteiger partial charge in [0.25, 0.3) is 11.8 Å². The number of halogens is 1. The number of thiophene rings is 1. The molecular formula is C16H21ClN2O2S2. The maximum Gasteiger partial charge on any atom is 0.291 e. The van der Waals surface area contributed by atoms with Crippen molar-refractivity contribution in [2.24, 2.45) is 5.92 Å². The summed E-state index contributed by atoms with van der Waals surface area (Å²) >= 11 is 2.93. The van der Waals surface area contributed by atoms with Gasteiger partial charge in [0, 0.05) is 11.3 Å². The molecule has 0 amide bonds. The van der Waals surface area contributed by atoms with Gasteiger partial charge in [0.15, 0.2) is 0 Å². The molecular weight excluding hydrogens is 352 g/mol. The van der Waals surface area contributed by atoms with Crippen molar-refractivity contribution in [1.29, 1.82) is 0 Å². The number of fused-ring (bicyclic) bond motifs is 2. The number of ether oxygens (including phenoxy) is 2. The van der Waals surface area contributed by atoms with Gasteiger partial charge < -0.3 is 9.47 Å². The quantitative estimate of drug-likeness (QED) is 0.734. The second-order valence-electron chi connectivity index (χ2n) is 6.52. The van der Waals surface area contributed by atoms with E-state index in [1.807, 2.05) is 0 Å². The zero-order valence-corrected chi connectivity index (χ0v) is 15.5. The highest BCUT2D eigenvalue weighted by Gasteiger charge is 2.47. The van der Waals surface area contributed by atoms with E-state index in [-0.39, 0.29) is 24.1 Å². The Hall–Kier alpha value is -0.850. The first kappa shape index (κ1) is 17.0. The van der Waals surface area contributed by atoms with E-state index in [9.17, 15) is 0 Å². The second kappa shape index (κ2) is 6.95. The van der Waals surface area contributed by atoms with Gasteiger partial charge in [0.1, 0.15) is 11.7 Å². The van der Waals surface area contributed by atoms with Crippen LogP contribution in [0.4, 0.5) is 0 Å². The molecule has 2 heterocycles. The average molecular weight is 373 g/mol. The van der Waals surface area contributed by atoms with Crippen molar-refractivity contribution < 1.29 is 9.47 Å². The second-order valence-corrected chi connectivity index (χ2v) is 8.08. The Kier molecular flexibility index (Phi) is 5.13. The van der Waals surface area contributed by atoms with Crippen LogP contribution in [0, 0.1) is 5.92 Å². The minimum atomic E-state index is 0. The Morgan fingerprint density at radius 1 is 1.30 bits per heavy atom. The van der Waals surface area contributed by atoms with Gasteiger partial charge in [0.05, 0.1) is 11.7 Å². The number of hydrogen-bond donors (Lipinski definition) is 0. The minimum absolute atomic E-state index is 0.